The molecular weight excluding hydrogens is 268 g/mol. The van der Waals surface area contributed by atoms with E-state index in [1.807, 2.05) is 13.8 Å². The molecule has 0 aliphatic carbocycles. The summed E-state index contributed by atoms with van der Waals surface area (Å²) in [5, 5.41) is 6.57. The third-order valence-corrected chi connectivity index (χ3v) is 4.53. The van der Waals surface area contributed by atoms with Gasteiger partial charge in [0.05, 0.1) is 5.69 Å². The first-order valence-electron chi connectivity index (χ1n) is 6.82. The molecule has 0 spiro atoms. The van der Waals surface area contributed by atoms with Gasteiger partial charge in [-0.1, -0.05) is 17.7 Å². The molecule has 1 aromatic heterocycles. The number of hydrogen-bond donors (Lipinski definition) is 1. The van der Waals surface area contributed by atoms with Crippen LogP contribution in [0.3, 0.4) is 0 Å². The minimum Gasteiger partial charge on any atom is -0.385 e. The molecule has 0 fully saturated rings. The van der Waals surface area contributed by atoms with Crippen LogP contribution in [-0.2, 0) is 16.8 Å². The van der Waals surface area contributed by atoms with Crippen molar-refractivity contribution in [2.24, 2.45) is 0 Å². The first-order chi connectivity index (χ1) is 9.51. The van der Waals surface area contributed by atoms with E-state index in [4.69, 9.17) is 4.74 Å². The molecule has 0 aliphatic heterocycles. The van der Waals surface area contributed by atoms with E-state index in [-0.39, 0.29) is 5.60 Å². The van der Waals surface area contributed by atoms with Crippen molar-refractivity contribution in [3.8, 4) is 0 Å². The van der Waals surface area contributed by atoms with E-state index in [1.54, 1.807) is 18.4 Å². The zero-order chi connectivity index (χ0) is 14.6. The van der Waals surface area contributed by atoms with Crippen molar-refractivity contribution in [2.45, 2.75) is 32.8 Å². The number of thiazole rings is 1. The van der Waals surface area contributed by atoms with Gasteiger partial charge in [0, 0.05) is 31.1 Å². The van der Waals surface area contributed by atoms with E-state index in [1.165, 1.54) is 5.56 Å². The molecule has 0 atom stereocenters. The van der Waals surface area contributed by atoms with Crippen molar-refractivity contribution in [3.63, 3.8) is 0 Å². The maximum atomic E-state index is 5.45. The van der Waals surface area contributed by atoms with Gasteiger partial charge < -0.3 is 10.1 Å². The molecule has 1 heterocycles. The normalized spacial score (nSPS) is 11.6. The summed E-state index contributed by atoms with van der Waals surface area (Å²) < 4.78 is 5.45. The number of aromatic nitrogens is 1. The second-order valence-corrected chi connectivity index (χ2v) is 6.26. The van der Waals surface area contributed by atoms with Crippen LogP contribution in [0.1, 0.15) is 30.1 Å². The number of benzene rings is 1. The van der Waals surface area contributed by atoms with Gasteiger partial charge in [-0.3, -0.25) is 0 Å². The monoisotopic (exact) mass is 290 g/mol. The summed E-state index contributed by atoms with van der Waals surface area (Å²) in [5.74, 6) is 0. The Balaban J connectivity index is 1.87. The SMILES string of the molecule is COC(C)(C)c1nc(CCNc2ccc(C)cc2)cs1. The number of methoxy groups -OCH3 is 1. The standard InChI is InChI=1S/C16H22N2OS/c1-12-5-7-13(8-6-12)17-10-9-14-11-20-15(18-14)16(2,3)19-4/h5-8,11,17H,9-10H2,1-4H3. The van der Waals surface area contributed by atoms with Gasteiger partial charge in [0.2, 0.25) is 0 Å². The highest BCUT2D eigenvalue weighted by atomic mass is 32.1. The Morgan fingerprint density at radius 1 is 1.25 bits per heavy atom. The van der Waals surface area contributed by atoms with Crippen LogP contribution >= 0.6 is 11.3 Å². The largest absolute Gasteiger partial charge is 0.385 e. The van der Waals surface area contributed by atoms with E-state index in [0.717, 1.165) is 29.4 Å². The molecule has 0 amide bonds. The summed E-state index contributed by atoms with van der Waals surface area (Å²) in [4.78, 5) is 4.65. The molecule has 0 saturated heterocycles. The Hall–Kier alpha value is -1.39. The topological polar surface area (TPSA) is 34.1 Å². The molecule has 0 aliphatic rings. The van der Waals surface area contributed by atoms with Gasteiger partial charge in [0.15, 0.2) is 0 Å². The highest BCUT2D eigenvalue weighted by molar-refractivity contribution is 7.09. The third kappa shape index (κ3) is 3.81. The molecule has 1 N–H and O–H groups in total. The minimum atomic E-state index is -0.298. The summed E-state index contributed by atoms with van der Waals surface area (Å²) in [6, 6.07) is 8.44. The zero-order valence-corrected chi connectivity index (χ0v) is 13.4. The lowest BCUT2D eigenvalue weighted by Gasteiger charge is -2.19. The van der Waals surface area contributed by atoms with E-state index in [2.05, 4.69) is 46.9 Å². The lowest BCUT2D eigenvalue weighted by Crippen LogP contribution is -2.19. The van der Waals surface area contributed by atoms with E-state index >= 15 is 0 Å². The Kier molecular flexibility index (Phi) is 4.78. The van der Waals surface area contributed by atoms with Crippen LogP contribution in [0.4, 0.5) is 5.69 Å². The van der Waals surface area contributed by atoms with Gasteiger partial charge in [-0.15, -0.1) is 11.3 Å². The van der Waals surface area contributed by atoms with E-state index < -0.39 is 0 Å². The predicted molar refractivity (Wildman–Crippen MR) is 85.5 cm³/mol. The van der Waals surface area contributed by atoms with Crippen molar-refractivity contribution >= 4 is 17.0 Å². The number of anilines is 1. The van der Waals surface area contributed by atoms with Crippen LogP contribution in [0.2, 0.25) is 0 Å². The van der Waals surface area contributed by atoms with Crippen molar-refractivity contribution in [2.75, 3.05) is 19.0 Å². The van der Waals surface area contributed by atoms with Crippen LogP contribution in [0.25, 0.3) is 0 Å². The van der Waals surface area contributed by atoms with Gasteiger partial charge >= 0.3 is 0 Å². The second-order valence-electron chi connectivity index (χ2n) is 5.40. The van der Waals surface area contributed by atoms with Crippen LogP contribution in [-0.4, -0.2) is 18.6 Å². The number of rotatable bonds is 6. The molecule has 0 bridgehead atoms. The van der Waals surface area contributed by atoms with Gasteiger partial charge in [-0.05, 0) is 32.9 Å². The summed E-state index contributed by atoms with van der Waals surface area (Å²) in [5.41, 5.74) is 3.26. The van der Waals surface area contributed by atoms with Crippen molar-refractivity contribution in [1.82, 2.24) is 4.98 Å². The summed E-state index contributed by atoms with van der Waals surface area (Å²) in [6.07, 6.45) is 0.921. The van der Waals surface area contributed by atoms with Gasteiger partial charge in [0.25, 0.3) is 0 Å². The smallest absolute Gasteiger partial charge is 0.124 e. The Labute approximate surface area is 125 Å². The summed E-state index contributed by atoms with van der Waals surface area (Å²) in [7, 11) is 1.72. The second kappa shape index (κ2) is 6.37. The number of aryl methyl sites for hydroxylation is 1. The predicted octanol–water partition coefficient (Wildman–Crippen LogP) is 3.99. The fraction of sp³-hybridized carbons (Fsp3) is 0.438. The fourth-order valence-corrected chi connectivity index (χ4v) is 2.75. The average Bonchev–Trinajstić information content (AvgIpc) is 2.91. The number of ether oxygens (including phenoxy) is 1. The lowest BCUT2D eigenvalue weighted by atomic mass is 10.1. The molecular formula is C16H22N2OS. The minimum absolute atomic E-state index is 0.298. The summed E-state index contributed by atoms with van der Waals surface area (Å²) >= 11 is 1.67. The van der Waals surface area contributed by atoms with Crippen molar-refractivity contribution in [1.29, 1.82) is 0 Å². The number of nitrogens with zero attached hydrogens (tertiary/aromatic N) is 1. The highest BCUT2D eigenvalue weighted by Gasteiger charge is 2.23. The van der Waals surface area contributed by atoms with Crippen molar-refractivity contribution in [3.05, 3.63) is 45.9 Å². The molecule has 0 saturated carbocycles. The Morgan fingerprint density at radius 3 is 2.60 bits per heavy atom. The lowest BCUT2D eigenvalue weighted by molar-refractivity contribution is 0.0189. The molecule has 2 aromatic rings. The van der Waals surface area contributed by atoms with Crippen LogP contribution < -0.4 is 5.32 Å². The van der Waals surface area contributed by atoms with Gasteiger partial charge in [-0.25, -0.2) is 4.98 Å². The maximum absolute atomic E-state index is 5.45. The average molecular weight is 290 g/mol. The maximum Gasteiger partial charge on any atom is 0.124 e. The quantitative estimate of drug-likeness (QED) is 0.873. The number of nitrogens with one attached hydrogen (secondary N) is 1. The molecule has 4 heteroatoms. The van der Waals surface area contributed by atoms with Crippen LogP contribution in [0, 0.1) is 6.92 Å². The molecule has 108 valence electrons. The fourth-order valence-electron chi connectivity index (χ4n) is 1.79. The molecule has 20 heavy (non-hydrogen) atoms. The zero-order valence-electron chi connectivity index (χ0n) is 12.6. The van der Waals surface area contributed by atoms with E-state index in [9.17, 15) is 0 Å². The Bertz CT molecular complexity index is 546. The molecule has 2 rings (SSSR count). The molecule has 1 aromatic carbocycles. The molecule has 3 nitrogen and oxygen atoms in total. The first-order valence-corrected chi connectivity index (χ1v) is 7.70. The first kappa shape index (κ1) is 15.0. The van der Waals surface area contributed by atoms with E-state index in [0.29, 0.717) is 0 Å². The van der Waals surface area contributed by atoms with Gasteiger partial charge in [0.1, 0.15) is 10.6 Å². The summed E-state index contributed by atoms with van der Waals surface area (Å²) in [6.45, 7) is 7.07. The van der Waals surface area contributed by atoms with Crippen LogP contribution in [0.5, 0.6) is 0 Å². The number of hydrogen-bond acceptors (Lipinski definition) is 4. The van der Waals surface area contributed by atoms with Gasteiger partial charge in [-0.2, -0.15) is 0 Å². The highest BCUT2D eigenvalue weighted by Crippen LogP contribution is 2.27. The molecule has 0 radical (unpaired) electrons. The Morgan fingerprint density at radius 2 is 1.95 bits per heavy atom. The van der Waals surface area contributed by atoms with Crippen LogP contribution in [0.15, 0.2) is 29.6 Å². The third-order valence-electron chi connectivity index (χ3n) is 3.34. The van der Waals surface area contributed by atoms with Crippen molar-refractivity contribution < 1.29 is 4.74 Å². The molecule has 0 unspecified atom stereocenters.